The van der Waals surface area contributed by atoms with Crippen molar-refractivity contribution in [2.75, 3.05) is 0 Å². The Kier molecular flexibility index (Phi) is 9.20. The number of ether oxygens (including phenoxy) is 2. The summed E-state index contributed by atoms with van der Waals surface area (Å²) in [5, 5.41) is 0. The number of aromatic nitrogens is 1. The maximum absolute atomic E-state index is 14.5. The molecule has 0 saturated carbocycles. The van der Waals surface area contributed by atoms with E-state index in [0.29, 0.717) is 16.2 Å². The summed E-state index contributed by atoms with van der Waals surface area (Å²) in [6.45, 7) is 6.06. The molecule has 0 aliphatic carbocycles. The van der Waals surface area contributed by atoms with Gasteiger partial charge in [-0.1, -0.05) is 103 Å². The smallest absolute Gasteiger partial charge is 0.298 e. The van der Waals surface area contributed by atoms with Crippen molar-refractivity contribution in [1.82, 2.24) is 3.96 Å². The van der Waals surface area contributed by atoms with Crippen molar-refractivity contribution in [2.45, 2.75) is 44.9 Å². The summed E-state index contributed by atoms with van der Waals surface area (Å²) in [7, 11) is -1.81. The monoisotopic (exact) mass is 627 g/mol. The van der Waals surface area contributed by atoms with Gasteiger partial charge < -0.3 is 14.0 Å². The van der Waals surface area contributed by atoms with E-state index in [2.05, 4.69) is 6.07 Å². The van der Waals surface area contributed by atoms with Crippen molar-refractivity contribution in [3.05, 3.63) is 178 Å². The molecular weight excluding hydrogens is 591 g/mol. The maximum atomic E-state index is 14.5. The highest BCUT2D eigenvalue weighted by atomic mass is 32.2. The summed E-state index contributed by atoms with van der Waals surface area (Å²) in [6.07, 6.45) is 0.747. The van der Waals surface area contributed by atoms with E-state index in [9.17, 15) is 9.35 Å². The highest BCUT2D eigenvalue weighted by Gasteiger charge is 2.45. The third-order valence-corrected chi connectivity index (χ3v) is 9.47. The fourth-order valence-electron chi connectivity index (χ4n) is 6.09. The highest BCUT2D eigenvalue weighted by Crippen LogP contribution is 2.45. The minimum atomic E-state index is -1.81. The first-order valence-corrected chi connectivity index (χ1v) is 16.6. The van der Waals surface area contributed by atoms with Crippen LogP contribution >= 0.6 is 10.9 Å². The molecule has 0 aliphatic heterocycles. The molecule has 0 fully saturated rings. The van der Waals surface area contributed by atoms with Gasteiger partial charge >= 0.3 is 0 Å². The molecule has 232 valence electrons. The largest absolute Gasteiger partial charge is 0.570 e. The van der Waals surface area contributed by atoms with Crippen LogP contribution in [0.2, 0.25) is 0 Å². The summed E-state index contributed by atoms with van der Waals surface area (Å²) in [5.74, 6) is 1.55. The zero-order valence-electron chi connectivity index (χ0n) is 26.2. The number of benzene rings is 5. The Morgan fingerprint density at radius 1 is 0.652 bits per heavy atom. The Morgan fingerprint density at radius 2 is 1.20 bits per heavy atom. The molecule has 0 N–H and O–H groups in total. The molecule has 5 aromatic carbocycles. The maximum Gasteiger partial charge on any atom is 0.298 e. The molecule has 0 spiro atoms. The van der Waals surface area contributed by atoms with E-state index in [-0.39, 0.29) is 17.8 Å². The lowest BCUT2D eigenvalue weighted by Gasteiger charge is -2.34. The van der Waals surface area contributed by atoms with Crippen LogP contribution in [-0.4, -0.2) is 20.7 Å². The molecule has 6 rings (SSSR count). The van der Waals surface area contributed by atoms with Crippen LogP contribution in [0, 0.1) is 0 Å². The van der Waals surface area contributed by atoms with E-state index >= 15 is 0 Å². The molecule has 1 aromatic heterocycles. The average molecular weight is 628 g/mol. The van der Waals surface area contributed by atoms with Gasteiger partial charge in [-0.25, -0.2) is 0 Å². The van der Waals surface area contributed by atoms with Crippen LogP contribution in [0.3, 0.4) is 0 Å². The fraction of sp³-hybridized carbons (Fsp3) is 0.175. The average Bonchev–Trinajstić information content (AvgIpc) is 3.37. The standard InChI is InChI=1S/C40H37NO4S/c1-29(2)44-37-21-13-14-31(27-37)26-30(3)45-36-24-22-32(23-25-36)38-28-39(42)41(46(38)43)40(33-15-7-4-8-16-33,34-17-9-5-10-18-34)35-19-11-6-12-20-35/h4-25,27-30H,26H2,1-3H3/t30-,46?/m1/s1. The molecule has 46 heavy (non-hydrogen) atoms. The van der Waals surface area contributed by atoms with Crippen molar-refractivity contribution < 1.29 is 14.0 Å². The first-order valence-electron chi connectivity index (χ1n) is 15.5. The van der Waals surface area contributed by atoms with Crippen molar-refractivity contribution in [3.8, 4) is 21.9 Å². The van der Waals surface area contributed by atoms with Gasteiger partial charge in [-0.05, 0) is 79.4 Å². The van der Waals surface area contributed by atoms with Gasteiger partial charge in [-0.2, -0.15) is 0 Å². The Balaban J connectivity index is 1.35. The van der Waals surface area contributed by atoms with Gasteiger partial charge in [0, 0.05) is 22.9 Å². The van der Waals surface area contributed by atoms with Crippen LogP contribution in [0.5, 0.6) is 11.5 Å². The predicted molar refractivity (Wildman–Crippen MR) is 185 cm³/mol. The first kappa shape index (κ1) is 31.1. The molecule has 0 saturated heterocycles. The number of rotatable bonds is 11. The Morgan fingerprint density at radius 3 is 1.72 bits per heavy atom. The van der Waals surface area contributed by atoms with Gasteiger partial charge in [0.2, 0.25) is 4.88 Å². The van der Waals surface area contributed by atoms with Crippen LogP contribution in [0.15, 0.2) is 150 Å². The van der Waals surface area contributed by atoms with E-state index in [1.54, 1.807) is 0 Å². The molecule has 1 unspecified atom stereocenters. The second-order valence-electron chi connectivity index (χ2n) is 11.7. The molecule has 0 aliphatic rings. The van der Waals surface area contributed by atoms with Gasteiger partial charge in [-0.15, -0.1) is 3.96 Å². The SMILES string of the molecule is CC(C)Oc1cccc(C[C@@H](C)Oc2ccc(-c3cc(=O)n(C(c4ccccc4)(c4ccccc4)c4ccccc4)[s+]3[O-])cc2)c1. The molecule has 6 aromatic rings. The molecule has 0 bridgehead atoms. The van der Waals surface area contributed by atoms with Gasteiger partial charge in [0.15, 0.2) is 5.54 Å². The van der Waals surface area contributed by atoms with Gasteiger partial charge in [0.25, 0.3) is 5.56 Å². The van der Waals surface area contributed by atoms with Crippen LogP contribution in [0.1, 0.15) is 43.0 Å². The zero-order valence-corrected chi connectivity index (χ0v) is 27.0. The highest BCUT2D eigenvalue weighted by molar-refractivity contribution is 7.23. The van der Waals surface area contributed by atoms with E-state index in [1.807, 2.05) is 154 Å². The van der Waals surface area contributed by atoms with E-state index in [4.69, 9.17) is 9.47 Å². The van der Waals surface area contributed by atoms with Crippen LogP contribution < -0.4 is 15.0 Å². The molecule has 0 radical (unpaired) electrons. The quantitative estimate of drug-likeness (QED) is 0.106. The summed E-state index contributed by atoms with van der Waals surface area (Å²) < 4.78 is 28.1. The third kappa shape index (κ3) is 6.27. The predicted octanol–water partition coefficient (Wildman–Crippen LogP) is 8.88. The van der Waals surface area contributed by atoms with Crippen LogP contribution in [-0.2, 0) is 12.0 Å². The minimum absolute atomic E-state index is 0.0831. The Hall–Kier alpha value is -4.91. The fourth-order valence-corrected chi connectivity index (χ4v) is 7.60. The van der Waals surface area contributed by atoms with Crippen LogP contribution in [0.25, 0.3) is 10.4 Å². The van der Waals surface area contributed by atoms with E-state index < -0.39 is 16.5 Å². The van der Waals surface area contributed by atoms with Gasteiger partial charge in [0.05, 0.1) is 18.3 Å². The van der Waals surface area contributed by atoms with E-state index in [0.717, 1.165) is 34.4 Å². The first-order chi connectivity index (χ1) is 22.4. The Labute approximate surface area is 273 Å². The van der Waals surface area contributed by atoms with Crippen molar-refractivity contribution in [2.24, 2.45) is 0 Å². The Bertz CT molecular complexity index is 1830. The summed E-state index contributed by atoms with van der Waals surface area (Å²) in [6, 6.07) is 46.5. The number of nitrogens with zero attached hydrogens (tertiary/aromatic N) is 1. The number of hydrogen-bond acceptors (Lipinski definition) is 4. The molecule has 2 atom stereocenters. The molecular formula is C40H37NO4S. The minimum Gasteiger partial charge on any atom is -0.570 e. The second-order valence-corrected chi connectivity index (χ2v) is 13.0. The summed E-state index contributed by atoms with van der Waals surface area (Å²) in [4.78, 5) is 14.5. The van der Waals surface area contributed by atoms with Crippen molar-refractivity contribution in [3.63, 3.8) is 0 Å². The van der Waals surface area contributed by atoms with Crippen molar-refractivity contribution in [1.29, 1.82) is 0 Å². The zero-order chi connectivity index (χ0) is 32.1. The normalized spacial score (nSPS) is 12.6. The second kappa shape index (κ2) is 13.6. The molecule has 6 heteroatoms. The summed E-state index contributed by atoms with van der Waals surface area (Å²) in [5.41, 5.74) is 2.94. The number of hydrogen-bond donors (Lipinski definition) is 0. The third-order valence-electron chi connectivity index (χ3n) is 7.96. The lowest BCUT2D eigenvalue weighted by molar-refractivity contribution is 0.221. The molecule has 1 heterocycles. The van der Waals surface area contributed by atoms with Crippen LogP contribution in [0.4, 0.5) is 0 Å². The van der Waals surface area contributed by atoms with Crippen molar-refractivity contribution >= 4 is 10.9 Å². The van der Waals surface area contributed by atoms with Gasteiger partial charge in [0.1, 0.15) is 11.5 Å². The summed E-state index contributed by atoms with van der Waals surface area (Å²) >= 11 is 0. The lowest BCUT2D eigenvalue weighted by Crippen LogP contribution is -2.42. The molecule has 5 nitrogen and oxygen atoms in total. The van der Waals surface area contributed by atoms with E-state index in [1.165, 1.54) is 10.0 Å². The molecule has 0 amide bonds. The van der Waals surface area contributed by atoms with Gasteiger partial charge in [-0.3, -0.25) is 4.79 Å². The lowest BCUT2D eigenvalue weighted by atomic mass is 9.77. The topological polar surface area (TPSA) is 63.5 Å².